The minimum atomic E-state index is -0.804. The average Bonchev–Trinajstić information content (AvgIpc) is 3.48. The molecule has 0 saturated carbocycles. The van der Waals surface area contributed by atoms with Crippen LogP contribution in [0.15, 0.2) is 92.2 Å². The minimum Gasteiger partial charge on any atom is -0.465 e. The summed E-state index contributed by atoms with van der Waals surface area (Å²) in [4.78, 5) is 44.2. The van der Waals surface area contributed by atoms with Crippen LogP contribution in [-0.4, -0.2) is 23.6 Å². The highest BCUT2D eigenvalue weighted by molar-refractivity contribution is 7.07. The van der Waals surface area contributed by atoms with E-state index in [0.717, 1.165) is 11.3 Å². The van der Waals surface area contributed by atoms with E-state index in [9.17, 15) is 14.4 Å². The molecule has 0 fully saturated rings. The largest absolute Gasteiger partial charge is 0.465 e. The predicted octanol–water partition coefficient (Wildman–Crippen LogP) is 3.67. The average molecular weight is 529 g/mol. The molecule has 192 valence electrons. The van der Waals surface area contributed by atoms with Gasteiger partial charge in [0.1, 0.15) is 18.1 Å². The van der Waals surface area contributed by atoms with Crippen molar-refractivity contribution in [2.24, 2.45) is 4.99 Å². The summed E-state index contributed by atoms with van der Waals surface area (Å²) in [7, 11) is 1.31. The van der Waals surface area contributed by atoms with Gasteiger partial charge in [-0.05, 0) is 49.2 Å². The first-order valence-electron chi connectivity index (χ1n) is 11.8. The molecule has 2 aromatic heterocycles. The van der Waals surface area contributed by atoms with Gasteiger partial charge in [0.05, 0.1) is 34.5 Å². The van der Waals surface area contributed by atoms with Gasteiger partial charge in [-0.1, -0.05) is 53.8 Å². The Morgan fingerprint density at radius 3 is 2.42 bits per heavy atom. The third kappa shape index (κ3) is 4.88. The fourth-order valence-electron chi connectivity index (χ4n) is 4.28. The molecule has 1 atom stereocenters. The van der Waals surface area contributed by atoms with Gasteiger partial charge in [-0.25, -0.2) is 14.6 Å². The van der Waals surface area contributed by atoms with Crippen molar-refractivity contribution < 1.29 is 23.5 Å². The van der Waals surface area contributed by atoms with E-state index < -0.39 is 18.0 Å². The number of carbonyl (C=O) groups excluding carboxylic acids is 2. The molecule has 0 N–H and O–H groups in total. The summed E-state index contributed by atoms with van der Waals surface area (Å²) in [6.07, 6.45) is 1.67. The van der Waals surface area contributed by atoms with Gasteiger partial charge in [-0.3, -0.25) is 9.36 Å². The zero-order valence-corrected chi connectivity index (χ0v) is 21.8. The Hall–Kier alpha value is -4.50. The van der Waals surface area contributed by atoms with Crippen molar-refractivity contribution in [3.63, 3.8) is 0 Å². The standard InChI is InChI=1S/C29H24N2O6S/c1-17-9-14-22(37-17)15-23-26(32)31-25(20-10-12-21(13-11-20)27(33)35-3)24(18(2)30-29(31)38-23)28(34)36-16-19-7-5-4-6-8-19/h4-15,25H,16H2,1-3H3/b23-15+/t25-/m1/s1. The van der Waals surface area contributed by atoms with Crippen molar-refractivity contribution in [3.05, 3.63) is 126 Å². The number of hydrogen-bond acceptors (Lipinski definition) is 8. The Bertz CT molecular complexity index is 1730. The summed E-state index contributed by atoms with van der Waals surface area (Å²) in [6.45, 7) is 3.63. The number of aryl methyl sites for hydroxylation is 1. The number of thiazole rings is 1. The highest BCUT2D eigenvalue weighted by Crippen LogP contribution is 2.31. The lowest BCUT2D eigenvalue weighted by Gasteiger charge is -2.25. The van der Waals surface area contributed by atoms with Crippen molar-refractivity contribution in [2.75, 3.05) is 7.11 Å². The maximum atomic E-state index is 13.7. The monoisotopic (exact) mass is 528 g/mol. The number of methoxy groups -OCH3 is 1. The van der Waals surface area contributed by atoms with Crippen LogP contribution < -0.4 is 14.9 Å². The molecule has 8 nitrogen and oxygen atoms in total. The molecule has 4 aromatic rings. The number of aromatic nitrogens is 1. The zero-order chi connectivity index (χ0) is 26.8. The SMILES string of the molecule is COC(=O)c1ccc([C@@H]2C(C(=O)OCc3ccccc3)=C(C)N=c3s/c(=C/c4ccc(C)o4)c(=O)n32)cc1. The number of allylic oxidation sites excluding steroid dienone is 1. The molecule has 0 radical (unpaired) electrons. The Kier molecular flexibility index (Phi) is 6.93. The Balaban J connectivity index is 1.61. The molecule has 3 heterocycles. The van der Waals surface area contributed by atoms with Crippen molar-refractivity contribution in [1.82, 2.24) is 4.57 Å². The van der Waals surface area contributed by atoms with Crippen LogP contribution in [0.3, 0.4) is 0 Å². The van der Waals surface area contributed by atoms with Crippen LogP contribution >= 0.6 is 11.3 Å². The first-order valence-corrected chi connectivity index (χ1v) is 12.7. The molecule has 0 saturated heterocycles. The predicted molar refractivity (Wildman–Crippen MR) is 141 cm³/mol. The van der Waals surface area contributed by atoms with E-state index in [1.54, 1.807) is 43.3 Å². The summed E-state index contributed by atoms with van der Waals surface area (Å²) in [6, 6.07) is 18.8. The van der Waals surface area contributed by atoms with Crippen LogP contribution in [0.2, 0.25) is 0 Å². The first-order chi connectivity index (χ1) is 18.4. The van der Waals surface area contributed by atoms with Gasteiger partial charge in [-0.2, -0.15) is 0 Å². The van der Waals surface area contributed by atoms with E-state index >= 15 is 0 Å². The summed E-state index contributed by atoms with van der Waals surface area (Å²) in [5.41, 5.74) is 2.20. The van der Waals surface area contributed by atoms with Crippen LogP contribution in [0.25, 0.3) is 6.08 Å². The molecule has 2 aromatic carbocycles. The third-order valence-electron chi connectivity index (χ3n) is 6.14. The van der Waals surface area contributed by atoms with Gasteiger partial charge in [0.2, 0.25) is 0 Å². The molecule has 0 spiro atoms. The number of fused-ring (bicyclic) bond motifs is 1. The van der Waals surface area contributed by atoms with Gasteiger partial charge in [-0.15, -0.1) is 0 Å². The maximum absolute atomic E-state index is 13.7. The highest BCUT2D eigenvalue weighted by Gasteiger charge is 2.33. The van der Waals surface area contributed by atoms with E-state index in [-0.39, 0.29) is 17.7 Å². The van der Waals surface area contributed by atoms with Crippen LogP contribution in [0, 0.1) is 6.92 Å². The van der Waals surface area contributed by atoms with Gasteiger partial charge < -0.3 is 13.9 Å². The number of hydrogen-bond donors (Lipinski definition) is 0. The quantitative estimate of drug-likeness (QED) is 0.354. The van der Waals surface area contributed by atoms with Gasteiger partial charge >= 0.3 is 11.9 Å². The molecule has 9 heteroatoms. The number of rotatable bonds is 6. The number of furan rings is 1. The van der Waals surface area contributed by atoms with Crippen molar-refractivity contribution >= 4 is 29.4 Å². The Morgan fingerprint density at radius 1 is 1.03 bits per heavy atom. The lowest BCUT2D eigenvalue weighted by molar-refractivity contribution is -0.140. The molecule has 0 unspecified atom stereocenters. The minimum absolute atomic E-state index is 0.0761. The van der Waals surface area contributed by atoms with Crippen molar-refractivity contribution in [3.8, 4) is 0 Å². The fraction of sp³-hybridized carbons (Fsp3) is 0.172. The smallest absolute Gasteiger partial charge is 0.338 e. The lowest BCUT2D eigenvalue weighted by atomic mass is 9.95. The highest BCUT2D eigenvalue weighted by atomic mass is 32.1. The second kappa shape index (κ2) is 10.5. The van der Waals surface area contributed by atoms with E-state index in [0.29, 0.717) is 31.9 Å². The number of carbonyl (C=O) groups is 2. The first kappa shape index (κ1) is 25.2. The van der Waals surface area contributed by atoms with E-state index in [2.05, 4.69) is 4.99 Å². The number of benzene rings is 2. The second-order valence-electron chi connectivity index (χ2n) is 8.71. The van der Waals surface area contributed by atoms with E-state index in [1.807, 2.05) is 43.3 Å². The van der Waals surface area contributed by atoms with Gasteiger partial charge in [0, 0.05) is 6.08 Å². The van der Waals surface area contributed by atoms with Gasteiger partial charge in [0.15, 0.2) is 4.80 Å². The molecular weight excluding hydrogens is 504 g/mol. The van der Waals surface area contributed by atoms with E-state index in [1.165, 1.54) is 23.0 Å². The maximum Gasteiger partial charge on any atom is 0.338 e. The normalized spacial score (nSPS) is 15.1. The van der Waals surface area contributed by atoms with Crippen molar-refractivity contribution in [2.45, 2.75) is 26.5 Å². The molecule has 1 aliphatic rings. The lowest BCUT2D eigenvalue weighted by Crippen LogP contribution is -2.39. The summed E-state index contributed by atoms with van der Waals surface area (Å²) in [5.74, 6) is 0.216. The number of nitrogens with zero attached hydrogens (tertiary/aromatic N) is 2. The molecule has 0 bridgehead atoms. The molecule has 0 aliphatic carbocycles. The van der Waals surface area contributed by atoms with Gasteiger partial charge in [0.25, 0.3) is 5.56 Å². The van der Waals surface area contributed by atoms with Crippen LogP contribution in [0.1, 0.15) is 46.0 Å². The molecule has 38 heavy (non-hydrogen) atoms. The Labute approximate surface area is 221 Å². The topological polar surface area (TPSA) is 100 Å². The summed E-state index contributed by atoms with van der Waals surface area (Å²) < 4.78 is 18.0. The number of ether oxygens (including phenoxy) is 2. The zero-order valence-electron chi connectivity index (χ0n) is 21.0. The third-order valence-corrected chi connectivity index (χ3v) is 7.12. The Morgan fingerprint density at radius 2 is 1.76 bits per heavy atom. The molecule has 5 rings (SSSR count). The van der Waals surface area contributed by atoms with Crippen LogP contribution in [0.5, 0.6) is 0 Å². The molecule has 0 amide bonds. The van der Waals surface area contributed by atoms with Crippen LogP contribution in [-0.2, 0) is 20.9 Å². The second-order valence-corrected chi connectivity index (χ2v) is 9.71. The molecule has 1 aliphatic heterocycles. The fourth-order valence-corrected chi connectivity index (χ4v) is 5.31. The summed E-state index contributed by atoms with van der Waals surface area (Å²) in [5, 5.41) is 0. The summed E-state index contributed by atoms with van der Waals surface area (Å²) >= 11 is 1.21. The number of esters is 2. The van der Waals surface area contributed by atoms with E-state index in [4.69, 9.17) is 13.9 Å². The molecular formula is C29H24N2O6S. The van der Waals surface area contributed by atoms with Crippen molar-refractivity contribution in [1.29, 1.82) is 0 Å². The van der Waals surface area contributed by atoms with Crippen LogP contribution in [0.4, 0.5) is 0 Å².